The van der Waals surface area contributed by atoms with E-state index < -0.39 is 0 Å². The monoisotopic (exact) mass is 363 g/mol. The van der Waals surface area contributed by atoms with Gasteiger partial charge in [-0.15, -0.1) is 0 Å². The van der Waals surface area contributed by atoms with Crippen molar-refractivity contribution < 1.29 is 14.3 Å². The minimum absolute atomic E-state index is 0.0170. The number of para-hydroxylation sites is 1. The van der Waals surface area contributed by atoms with Gasteiger partial charge in [0.1, 0.15) is 12.4 Å². The molecule has 6 heteroatoms. The molecule has 0 saturated carbocycles. The molecule has 1 fully saturated rings. The zero-order valence-corrected chi connectivity index (χ0v) is 14.9. The summed E-state index contributed by atoms with van der Waals surface area (Å²) in [4.78, 5) is 30.8. The summed E-state index contributed by atoms with van der Waals surface area (Å²) in [6.07, 6.45) is 6.61. The lowest BCUT2D eigenvalue weighted by Gasteiger charge is -2.33. The number of rotatable bonds is 3. The van der Waals surface area contributed by atoms with Crippen LogP contribution in [0.3, 0.4) is 0 Å². The van der Waals surface area contributed by atoms with Gasteiger partial charge in [0.05, 0.1) is 5.57 Å². The third-order valence-electron chi connectivity index (χ3n) is 4.97. The molecule has 2 aromatic rings. The Morgan fingerprint density at radius 2 is 1.81 bits per heavy atom. The predicted molar refractivity (Wildman–Crippen MR) is 101 cm³/mol. The smallest absolute Gasteiger partial charge is 0.253 e. The van der Waals surface area contributed by atoms with E-state index in [2.05, 4.69) is 10.3 Å². The zero-order chi connectivity index (χ0) is 18.6. The van der Waals surface area contributed by atoms with Crippen LogP contribution in [-0.4, -0.2) is 47.4 Å². The van der Waals surface area contributed by atoms with Crippen molar-refractivity contribution in [1.29, 1.82) is 0 Å². The highest BCUT2D eigenvalue weighted by atomic mass is 16.5. The fraction of sp³-hybridized carbons (Fsp3) is 0.286. The number of ether oxygens (including phenoxy) is 1. The Morgan fingerprint density at radius 3 is 2.59 bits per heavy atom. The fourth-order valence-corrected chi connectivity index (χ4v) is 3.44. The Labute approximate surface area is 157 Å². The molecule has 4 rings (SSSR count). The van der Waals surface area contributed by atoms with Crippen molar-refractivity contribution in [3.63, 3.8) is 0 Å². The maximum atomic E-state index is 12.8. The topological polar surface area (TPSA) is 71.5 Å². The van der Waals surface area contributed by atoms with Crippen LogP contribution < -0.4 is 10.1 Å². The second-order valence-electron chi connectivity index (χ2n) is 6.77. The number of amides is 2. The third-order valence-corrected chi connectivity index (χ3v) is 4.97. The van der Waals surface area contributed by atoms with Gasteiger partial charge >= 0.3 is 0 Å². The molecule has 138 valence electrons. The highest BCUT2D eigenvalue weighted by molar-refractivity contribution is 5.99. The van der Waals surface area contributed by atoms with Crippen molar-refractivity contribution in [2.24, 2.45) is 0 Å². The normalized spacial score (nSPS) is 16.7. The first kappa shape index (κ1) is 17.3. The molecule has 6 nitrogen and oxygen atoms in total. The van der Waals surface area contributed by atoms with Crippen LogP contribution in [0.25, 0.3) is 6.08 Å². The van der Waals surface area contributed by atoms with Crippen LogP contribution in [0.5, 0.6) is 5.75 Å². The molecule has 0 radical (unpaired) electrons. The van der Waals surface area contributed by atoms with Crippen molar-refractivity contribution in [2.75, 3.05) is 19.7 Å². The Morgan fingerprint density at radius 1 is 1.07 bits per heavy atom. The first-order valence-corrected chi connectivity index (χ1v) is 9.13. The molecule has 2 amide bonds. The Hall–Kier alpha value is -3.15. The number of hydrogen-bond donors (Lipinski definition) is 1. The first-order valence-electron chi connectivity index (χ1n) is 9.13. The number of hydrogen-bond acceptors (Lipinski definition) is 4. The first-order chi connectivity index (χ1) is 13.2. The van der Waals surface area contributed by atoms with E-state index in [-0.39, 0.29) is 17.9 Å². The SMILES string of the molecule is O=C(NC1CCN(C(=O)C2=Cc3ccccc3OC2)CC1)c1ccncc1. The van der Waals surface area contributed by atoms with Crippen molar-refractivity contribution >= 4 is 17.9 Å². The maximum Gasteiger partial charge on any atom is 0.253 e. The van der Waals surface area contributed by atoms with E-state index in [1.54, 1.807) is 24.5 Å². The number of aromatic nitrogens is 1. The number of piperidine rings is 1. The molecule has 1 aromatic heterocycles. The van der Waals surface area contributed by atoms with Crippen LogP contribution in [-0.2, 0) is 4.79 Å². The third kappa shape index (κ3) is 3.84. The molecule has 0 unspecified atom stereocenters. The molecular formula is C21H21N3O3. The van der Waals surface area contributed by atoms with Crippen molar-refractivity contribution in [3.8, 4) is 5.75 Å². The lowest BCUT2D eigenvalue weighted by atomic mass is 10.0. The minimum atomic E-state index is -0.0952. The molecule has 1 N–H and O–H groups in total. The molecule has 0 bridgehead atoms. The van der Waals surface area contributed by atoms with Crippen molar-refractivity contribution in [3.05, 3.63) is 65.5 Å². The van der Waals surface area contributed by atoms with Gasteiger partial charge in [-0.2, -0.15) is 0 Å². The predicted octanol–water partition coefficient (Wildman–Crippen LogP) is 2.28. The van der Waals surface area contributed by atoms with Crippen molar-refractivity contribution in [1.82, 2.24) is 15.2 Å². The molecule has 3 heterocycles. The number of nitrogens with one attached hydrogen (secondary N) is 1. The molecule has 1 aromatic carbocycles. The maximum absolute atomic E-state index is 12.8. The van der Waals surface area contributed by atoms with Gasteiger partial charge in [-0.05, 0) is 37.1 Å². The average molecular weight is 363 g/mol. The lowest BCUT2D eigenvalue weighted by molar-refractivity contribution is -0.128. The van der Waals surface area contributed by atoms with Gasteiger partial charge in [0.2, 0.25) is 0 Å². The van der Waals surface area contributed by atoms with Crippen LogP contribution in [0.1, 0.15) is 28.8 Å². The molecule has 1 saturated heterocycles. The fourth-order valence-electron chi connectivity index (χ4n) is 3.44. The van der Waals surface area contributed by atoms with Crippen LogP contribution in [0.2, 0.25) is 0 Å². The van der Waals surface area contributed by atoms with Gasteiger partial charge in [-0.25, -0.2) is 0 Å². The Bertz CT molecular complexity index is 871. The summed E-state index contributed by atoms with van der Waals surface area (Å²) in [6.45, 7) is 1.55. The summed E-state index contributed by atoms with van der Waals surface area (Å²) in [6, 6.07) is 11.2. The van der Waals surface area contributed by atoms with E-state index in [4.69, 9.17) is 4.74 Å². The number of fused-ring (bicyclic) bond motifs is 1. The van der Waals surface area contributed by atoms with Gasteiger partial charge in [0.15, 0.2) is 0 Å². The number of carbonyl (C=O) groups excluding carboxylic acids is 2. The van der Waals surface area contributed by atoms with Gasteiger partial charge < -0.3 is 15.0 Å². The summed E-state index contributed by atoms with van der Waals surface area (Å²) in [7, 11) is 0. The lowest BCUT2D eigenvalue weighted by Crippen LogP contribution is -2.47. The van der Waals surface area contributed by atoms with E-state index in [0.717, 1.165) is 24.2 Å². The largest absolute Gasteiger partial charge is 0.488 e. The summed E-state index contributed by atoms with van der Waals surface area (Å²) in [5.41, 5.74) is 2.21. The number of nitrogens with zero attached hydrogens (tertiary/aromatic N) is 2. The highest BCUT2D eigenvalue weighted by Gasteiger charge is 2.27. The van der Waals surface area contributed by atoms with E-state index in [1.807, 2.05) is 35.2 Å². The van der Waals surface area contributed by atoms with Crippen molar-refractivity contribution in [2.45, 2.75) is 18.9 Å². The average Bonchev–Trinajstić information content (AvgIpc) is 2.74. The molecule has 2 aliphatic rings. The molecule has 0 atom stereocenters. The molecule has 2 aliphatic heterocycles. The summed E-state index contributed by atoms with van der Waals surface area (Å²) in [5, 5.41) is 3.04. The summed E-state index contributed by atoms with van der Waals surface area (Å²) < 4.78 is 5.69. The Kier molecular flexibility index (Phi) is 4.87. The van der Waals surface area contributed by atoms with Gasteiger partial charge in [0, 0.05) is 42.7 Å². The van der Waals surface area contributed by atoms with Crippen LogP contribution in [0.15, 0.2) is 54.4 Å². The number of likely N-dealkylation sites (tertiary alicyclic amines) is 1. The van der Waals surface area contributed by atoms with E-state index in [1.165, 1.54) is 0 Å². The molecule has 0 spiro atoms. The molecular weight excluding hydrogens is 342 g/mol. The van der Waals surface area contributed by atoms with E-state index in [9.17, 15) is 9.59 Å². The second kappa shape index (κ2) is 7.61. The second-order valence-corrected chi connectivity index (χ2v) is 6.77. The van der Waals surface area contributed by atoms with Gasteiger partial charge in [-0.1, -0.05) is 18.2 Å². The van der Waals surface area contributed by atoms with Gasteiger partial charge in [-0.3, -0.25) is 14.6 Å². The number of pyridine rings is 1. The van der Waals surface area contributed by atoms with Crippen LogP contribution >= 0.6 is 0 Å². The van der Waals surface area contributed by atoms with Gasteiger partial charge in [0.25, 0.3) is 11.8 Å². The number of carbonyl (C=O) groups is 2. The summed E-state index contributed by atoms with van der Waals surface area (Å²) in [5.74, 6) is 0.733. The van der Waals surface area contributed by atoms with E-state index in [0.29, 0.717) is 30.8 Å². The zero-order valence-electron chi connectivity index (χ0n) is 14.9. The molecule has 0 aliphatic carbocycles. The van der Waals surface area contributed by atoms with Crippen LogP contribution in [0.4, 0.5) is 0 Å². The number of benzene rings is 1. The van der Waals surface area contributed by atoms with Crippen LogP contribution in [0, 0.1) is 0 Å². The standard InChI is InChI=1S/C21H21N3O3/c25-20(15-5-9-22-10-6-15)23-18-7-11-24(12-8-18)21(26)17-13-16-3-1-2-4-19(16)27-14-17/h1-6,9-10,13,18H,7-8,11-12,14H2,(H,23,25). The Balaban J connectivity index is 1.34. The minimum Gasteiger partial charge on any atom is -0.488 e. The van der Waals surface area contributed by atoms with E-state index >= 15 is 0 Å². The quantitative estimate of drug-likeness (QED) is 0.908. The summed E-state index contributed by atoms with van der Waals surface area (Å²) >= 11 is 0. The highest BCUT2D eigenvalue weighted by Crippen LogP contribution is 2.27. The molecule has 27 heavy (non-hydrogen) atoms.